The van der Waals surface area contributed by atoms with Crippen molar-refractivity contribution in [3.8, 4) is 11.5 Å². The van der Waals surface area contributed by atoms with Crippen molar-refractivity contribution in [1.82, 2.24) is 4.90 Å². The van der Waals surface area contributed by atoms with Crippen LogP contribution < -0.4 is 0 Å². The summed E-state index contributed by atoms with van der Waals surface area (Å²) < 4.78 is 10.9. The Kier molecular flexibility index (Phi) is 5.66. The van der Waals surface area contributed by atoms with Gasteiger partial charge in [0.15, 0.2) is 0 Å². The fraction of sp³-hybridized carbons (Fsp3) is 0.800. The van der Waals surface area contributed by atoms with E-state index in [-0.39, 0.29) is 12.1 Å². The van der Waals surface area contributed by atoms with E-state index in [2.05, 4.69) is 31.1 Å². The van der Waals surface area contributed by atoms with Crippen LogP contribution in [0.15, 0.2) is 0 Å². The topological polar surface area (TPSA) is 38.8 Å². The molecule has 1 aliphatic heterocycles. The molecule has 0 spiro atoms. The van der Waals surface area contributed by atoms with Gasteiger partial charge in [0.05, 0.1) is 19.3 Å². The number of hydrogen-bond acceptors (Lipinski definition) is 3. The minimum Gasteiger partial charge on any atom is -0.444 e. The summed E-state index contributed by atoms with van der Waals surface area (Å²) >= 11 is 0. The maximum Gasteiger partial charge on any atom is 0.410 e. The fourth-order valence-corrected chi connectivity index (χ4v) is 2.45. The average molecular weight is 297 g/mol. The van der Waals surface area contributed by atoms with Gasteiger partial charge >= 0.3 is 6.09 Å². The maximum absolute atomic E-state index is 12.2. The van der Waals surface area contributed by atoms with Gasteiger partial charge in [-0.3, -0.25) is 4.90 Å². The first-order valence-corrected chi connectivity index (χ1v) is 10.7. The third-order valence-electron chi connectivity index (χ3n) is 2.66. The molecule has 1 aliphatic rings. The Morgan fingerprint density at radius 2 is 2.05 bits per heavy atom. The highest BCUT2D eigenvalue weighted by Crippen LogP contribution is 2.16. The largest absolute Gasteiger partial charge is 0.444 e. The summed E-state index contributed by atoms with van der Waals surface area (Å²) in [6, 6.07) is 0.00227. The first kappa shape index (κ1) is 17.1. The molecule has 4 nitrogen and oxygen atoms in total. The van der Waals surface area contributed by atoms with Gasteiger partial charge in [-0.05, 0) is 20.8 Å². The van der Waals surface area contributed by atoms with Crippen molar-refractivity contribution in [1.29, 1.82) is 0 Å². The van der Waals surface area contributed by atoms with Crippen LogP contribution in [-0.2, 0) is 9.47 Å². The predicted molar refractivity (Wildman–Crippen MR) is 83.3 cm³/mol. The quantitative estimate of drug-likeness (QED) is 0.552. The first-order chi connectivity index (χ1) is 9.08. The van der Waals surface area contributed by atoms with Crippen LogP contribution in [0.4, 0.5) is 4.79 Å². The molecule has 1 saturated heterocycles. The molecule has 1 atom stereocenters. The highest BCUT2D eigenvalue weighted by molar-refractivity contribution is 6.83. The molecule has 0 aromatic heterocycles. The van der Waals surface area contributed by atoms with Crippen LogP contribution in [0.3, 0.4) is 0 Å². The molecule has 0 saturated carbocycles. The molecule has 1 heterocycles. The van der Waals surface area contributed by atoms with Crippen molar-refractivity contribution in [2.45, 2.75) is 58.5 Å². The van der Waals surface area contributed by atoms with E-state index in [1.807, 2.05) is 20.8 Å². The molecular formula is C15H27NO3Si. The van der Waals surface area contributed by atoms with Crippen molar-refractivity contribution in [2.75, 3.05) is 19.8 Å². The molecule has 1 fully saturated rings. The molecule has 0 aromatic carbocycles. The molecule has 1 amide bonds. The van der Waals surface area contributed by atoms with Crippen LogP contribution in [0.1, 0.15) is 27.2 Å². The van der Waals surface area contributed by atoms with Gasteiger partial charge in [-0.2, -0.15) is 0 Å². The summed E-state index contributed by atoms with van der Waals surface area (Å²) in [6.07, 6.45) is 0.393. The van der Waals surface area contributed by atoms with Gasteiger partial charge in [0.25, 0.3) is 0 Å². The van der Waals surface area contributed by atoms with Gasteiger partial charge in [0.2, 0.25) is 0 Å². The Morgan fingerprint density at radius 1 is 1.40 bits per heavy atom. The molecule has 5 heteroatoms. The third-order valence-corrected chi connectivity index (χ3v) is 3.58. The SMILES string of the molecule is CC(C)(C)OC(=O)N1CCOC[C@@H]1CC#C[Si](C)(C)C. The van der Waals surface area contributed by atoms with Gasteiger partial charge in [-0.15, -0.1) is 11.5 Å². The lowest BCUT2D eigenvalue weighted by Gasteiger charge is -2.35. The molecule has 0 aliphatic carbocycles. The predicted octanol–water partition coefficient (Wildman–Crippen LogP) is 2.89. The molecule has 0 bridgehead atoms. The summed E-state index contributed by atoms with van der Waals surface area (Å²) in [5.41, 5.74) is 2.86. The molecule has 114 valence electrons. The van der Waals surface area contributed by atoms with E-state index in [0.29, 0.717) is 26.2 Å². The van der Waals surface area contributed by atoms with Crippen LogP contribution >= 0.6 is 0 Å². The smallest absolute Gasteiger partial charge is 0.410 e. The second-order valence-corrected chi connectivity index (χ2v) is 11.9. The van der Waals surface area contributed by atoms with E-state index in [0.717, 1.165) is 0 Å². The van der Waals surface area contributed by atoms with Crippen molar-refractivity contribution >= 4 is 14.2 Å². The van der Waals surface area contributed by atoms with Gasteiger partial charge in [-0.25, -0.2) is 4.79 Å². The van der Waals surface area contributed by atoms with Crippen LogP contribution in [0.2, 0.25) is 19.6 Å². The number of rotatable bonds is 1. The van der Waals surface area contributed by atoms with Crippen LogP contribution in [0, 0.1) is 11.5 Å². The Balaban J connectivity index is 2.66. The summed E-state index contributed by atoms with van der Waals surface area (Å²) in [4.78, 5) is 14.0. The van der Waals surface area contributed by atoms with Crippen LogP contribution in [0.25, 0.3) is 0 Å². The number of carbonyl (C=O) groups excluding carboxylic acids is 1. The Morgan fingerprint density at radius 3 is 2.60 bits per heavy atom. The monoisotopic (exact) mass is 297 g/mol. The Hall–Kier alpha value is -0.993. The first-order valence-electron chi connectivity index (χ1n) is 7.16. The number of nitrogens with zero attached hydrogens (tertiary/aromatic N) is 1. The maximum atomic E-state index is 12.2. The Bertz CT molecular complexity index is 398. The van der Waals surface area contributed by atoms with E-state index < -0.39 is 13.7 Å². The highest BCUT2D eigenvalue weighted by atomic mass is 28.3. The summed E-state index contributed by atoms with van der Waals surface area (Å²) in [5, 5.41) is 0. The van der Waals surface area contributed by atoms with Crippen LogP contribution in [0.5, 0.6) is 0 Å². The zero-order valence-electron chi connectivity index (χ0n) is 13.6. The van der Waals surface area contributed by atoms with Gasteiger partial charge in [0, 0.05) is 13.0 Å². The Labute approximate surface area is 123 Å². The molecule has 0 aromatic rings. The molecular weight excluding hydrogens is 270 g/mol. The lowest BCUT2D eigenvalue weighted by molar-refractivity contribution is -0.0309. The number of carbonyl (C=O) groups is 1. The second kappa shape index (κ2) is 6.64. The van der Waals surface area contributed by atoms with E-state index in [1.165, 1.54) is 0 Å². The highest BCUT2D eigenvalue weighted by Gasteiger charge is 2.30. The molecule has 1 rings (SSSR count). The van der Waals surface area contributed by atoms with Gasteiger partial charge in [-0.1, -0.05) is 19.6 Å². The van der Waals surface area contributed by atoms with E-state index >= 15 is 0 Å². The van der Waals surface area contributed by atoms with Gasteiger partial charge < -0.3 is 9.47 Å². The summed E-state index contributed by atoms with van der Waals surface area (Å²) in [6.45, 7) is 14.0. The van der Waals surface area contributed by atoms with Crippen molar-refractivity contribution in [2.24, 2.45) is 0 Å². The normalized spacial score (nSPS) is 20.1. The van der Waals surface area contributed by atoms with E-state index in [9.17, 15) is 4.79 Å². The number of amides is 1. The standard InChI is InChI=1S/C15H27NO3Si/c1-15(2,3)19-14(17)16-9-10-18-12-13(16)8-7-11-20(4,5)6/h13H,8-10,12H2,1-6H3/t13-/m0/s1. The molecule has 0 radical (unpaired) electrons. The summed E-state index contributed by atoms with van der Waals surface area (Å²) in [7, 11) is -1.37. The van der Waals surface area contributed by atoms with Crippen molar-refractivity contribution in [3.05, 3.63) is 0 Å². The average Bonchev–Trinajstić information content (AvgIpc) is 2.25. The number of morpholine rings is 1. The van der Waals surface area contributed by atoms with Crippen molar-refractivity contribution in [3.63, 3.8) is 0 Å². The molecule has 20 heavy (non-hydrogen) atoms. The van der Waals surface area contributed by atoms with E-state index in [1.54, 1.807) is 4.90 Å². The minimum atomic E-state index is -1.37. The lowest BCUT2D eigenvalue weighted by atomic mass is 10.1. The van der Waals surface area contributed by atoms with E-state index in [4.69, 9.17) is 9.47 Å². The molecule has 0 unspecified atom stereocenters. The lowest BCUT2D eigenvalue weighted by Crippen LogP contribution is -2.50. The number of hydrogen-bond donors (Lipinski definition) is 0. The van der Waals surface area contributed by atoms with Crippen molar-refractivity contribution < 1.29 is 14.3 Å². The number of ether oxygens (including phenoxy) is 2. The third kappa shape index (κ3) is 6.44. The molecule has 0 N–H and O–H groups in total. The van der Waals surface area contributed by atoms with Gasteiger partial charge in [0.1, 0.15) is 13.7 Å². The fourth-order valence-electron chi connectivity index (χ4n) is 1.82. The van der Waals surface area contributed by atoms with Crippen LogP contribution in [-0.4, -0.2) is 50.5 Å². The zero-order chi connectivity index (χ0) is 15.4. The minimum absolute atomic E-state index is 0.00227. The summed E-state index contributed by atoms with van der Waals surface area (Å²) in [5.74, 6) is 3.23. The zero-order valence-corrected chi connectivity index (χ0v) is 14.6. The second-order valence-electron chi connectivity index (χ2n) is 7.16.